The lowest BCUT2D eigenvalue weighted by Gasteiger charge is -2.09. The number of amides is 1. The van der Waals surface area contributed by atoms with Crippen LogP contribution in [0.15, 0.2) is 30.3 Å². The number of benzene rings is 1. The molecule has 0 radical (unpaired) electrons. The van der Waals surface area contributed by atoms with Crippen LogP contribution in [0.25, 0.3) is 0 Å². The number of rotatable bonds is 7. The minimum Gasteiger partial charge on any atom is -0.354 e. The number of anilines is 2. The van der Waals surface area contributed by atoms with Gasteiger partial charge in [0.2, 0.25) is 11.9 Å². The van der Waals surface area contributed by atoms with Gasteiger partial charge < -0.3 is 10.6 Å². The molecule has 0 saturated carbocycles. The van der Waals surface area contributed by atoms with E-state index < -0.39 is 0 Å². The average Bonchev–Trinajstić information content (AvgIpc) is 2.51. The lowest BCUT2D eigenvalue weighted by Crippen LogP contribution is -2.14. The highest BCUT2D eigenvalue weighted by Crippen LogP contribution is 2.17. The van der Waals surface area contributed by atoms with Crippen LogP contribution < -0.4 is 10.6 Å². The monoisotopic (exact) mass is 326 g/mol. The van der Waals surface area contributed by atoms with Crippen molar-refractivity contribution >= 4 is 17.5 Å². The molecule has 0 unspecified atom stereocenters. The largest absolute Gasteiger partial charge is 0.354 e. The van der Waals surface area contributed by atoms with E-state index in [1.165, 1.54) is 5.56 Å². The second kappa shape index (κ2) is 8.43. The highest BCUT2D eigenvalue weighted by atomic mass is 16.1. The van der Waals surface area contributed by atoms with Crippen LogP contribution in [0.2, 0.25) is 0 Å². The van der Waals surface area contributed by atoms with Gasteiger partial charge in [-0.15, -0.1) is 0 Å². The number of aryl methyl sites for hydroxylation is 2. The molecule has 0 saturated heterocycles. The van der Waals surface area contributed by atoms with E-state index in [0.29, 0.717) is 24.8 Å². The fourth-order valence-corrected chi connectivity index (χ4v) is 2.43. The van der Waals surface area contributed by atoms with Crippen LogP contribution in [-0.2, 0) is 4.79 Å². The summed E-state index contributed by atoms with van der Waals surface area (Å²) in [5, 5.41) is 6.09. The number of nitrogens with one attached hydrogen (secondary N) is 2. The Balaban J connectivity index is 1.73. The number of hydrogen-bond donors (Lipinski definition) is 2. The van der Waals surface area contributed by atoms with Gasteiger partial charge in [0, 0.05) is 30.0 Å². The summed E-state index contributed by atoms with van der Waals surface area (Å²) in [5.74, 6) is 1.14. The maximum atomic E-state index is 12.0. The molecule has 24 heavy (non-hydrogen) atoms. The summed E-state index contributed by atoms with van der Waals surface area (Å²) in [5.41, 5.74) is 3.99. The van der Waals surface area contributed by atoms with Gasteiger partial charge in [-0.2, -0.15) is 0 Å². The van der Waals surface area contributed by atoms with Crippen molar-refractivity contribution in [2.45, 2.75) is 46.5 Å². The molecular formula is C19H26N4O. The van der Waals surface area contributed by atoms with Crippen molar-refractivity contribution in [2.24, 2.45) is 0 Å². The molecule has 2 N–H and O–H groups in total. The van der Waals surface area contributed by atoms with Crippen molar-refractivity contribution in [1.29, 1.82) is 0 Å². The number of carbonyl (C=O) groups is 1. The Labute approximate surface area is 143 Å². The Hall–Kier alpha value is -2.43. The lowest BCUT2D eigenvalue weighted by atomic mass is 10.0. The first-order valence-electron chi connectivity index (χ1n) is 8.40. The summed E-state index contributed by atoms with van der Waals surface area (Å²) in [6.45, 7) is 8.86. The third-order valence-corrected chi connectivity index (χ3v) is 3.71. The first-order valence-corrected chi connectivity index (χ1v) is 8.40. The molecule has 128 valence electrons. The second-order valence-electron chi connectivity index (χ2n) is 6.33. The maximum Gasteiger partial charge on any atom is 0.224 e. The summed E-state index contributed by atoms with van der Waals surface area (Å²) in [4.78, 5) is 20.6. The first kappa shape index (κ1) is 17.9. The Bertz CT molecular complexity index is 660. The summed E-state index contributed by atoms with van der Waals surface area (Å²) in [7, 11) is 0. The third kappa shape index (κ3) is 5.65. The molecule has 0 spiro atoms. The molecule has 0 aliphatic rings. The molecule has 1 amide bonds. The number of aromatic nitrogens is 2. The normalized spacial score (nSPS) is 10.7. The van der Waals surface area contributed by atoms with Crippen molar-refractivity contribution in [1.82, 2.24) is 9.97 Å². The zero-order chi connectivity index (χ0) is 17.5. The average molecular weight is 326 g/mol. The fraction of sp³-hybridized carbons (Fsp3) is 0.421. The van der Waals surface area contributed by atoms with E-state index in [1.54, 1.807) is 0 Å². The standard InChI is InChI=1S/C19H26N4O/c1-13(2)16-7-9-17(10-8-16)23-18(24)6-5-11-20-19-21-14(3)12-15(4)22-19/h7-10,12-13H,5-6,11H2,1-4H3,(H,23,24)(H,20,21,22). The molecule has 1 aromatic heterocycles. The molecule has 2 rings (SSSR count). The second-order valence-corrected chi connectivity index (χ2v) is 6.33. The molecule has 5 heteroatoms. The molecule has 1 heterocycles. The highest BCUT2D eigenvalue weighted by Gasteiger charge is 2.04. The molecular weight excluding hydrogens is 300 g/mol. The van der Waals surface area contributed by atoms with Crippen LogP contribution in [0, 0.1) is 13.8 Å². The van der Waals surface area contributed by atoms with Gasteiger partial charge in [-0.25, -0.2) is 9.97 Å². The van der Waals surface area contributed by atoms with Crippen molar-refractivity contribution in [3.8, 4) is 0 Å². The topological polar surface area (TPSA) is 66.9 Å². The lowest BCUT2D eigenvalue weighted by molar-refractivity contribution is -0.116. The maximum absolute atomic E-state index is 12.0. The van der Waals surface area contributed by atoms with E-state index in [-0.39, 0.29) is 5.91 Å². The number of carbonyl (C=O) groups excluding carboxylic acids is 1. The van der Waals surface area contributed by atoms with Gasteiger partial charge in [0.15, 0.2) is 0 Å². The smallest absolute Gasteiger partial charge is 0.224 e. The van der Waals surface area contributed by atoms with E-state index in [2.05, 4.69) is 46.6 Å². The predicted octanol–water partition coefficient (Wildman–Crippen LogP) is 4.05. The van der Waals surface area contributed by atoms with Crippen molar-refractivity contribution < 1.29 is 4.79 Å². The summed E-state index contributed by atoms with van der Waals surface area (Å²) >= 11 is 0. The third-order valence-electron chi connectivity index (χ3n) is 3.71. The van der Waals surface area contributed by atoms with Gasteiger partial charge in [0.1, 0.15) is 0 Å². The minimum absolute atomic E-state index is 0.0236. The SMILES string of the molecule is Cc1cc(C)nc(NCCCC(=O)Nc2ccc(C(C)C)cc2)n1. The van der Waals surface area contributed by atoms with Gasteiger partial charge in [-0.05, 0) is 49.9 Å². The van der Waals surface area contributed by atoms with Crippen molar-refractivity contribution in [3.05, 3.63) is 47.3 Å². The summed E-state index contributed by atoms with van der Waals surface area (Å²) in [6.07, 6.45) is 1.19. The van der Waals surface area contributed by atoms with Crippen LogP contribution in [0.4, 0.5) is 11.6 Å². The van der Waals surface area contributed by atoms with Crippen molar-refractivity contribution in [2.75, 3.05) is 17.2 Å². The molecule has 5 nitrogen and oxygen atoms in total. The molecule has 0 aliphatic carbocycles. The van der Waals surface area contributed by atoms with E-state index in [0.717, 1.165) is 23.5 Å². The minimum atomic E-state index is 0.0236. The zero-order valence-corrected chi connectivity index (χ0v) is 14.9. The molecule has 1 aromatic carbocycles. The van der Waals surface area contributed by atoms with Gasteiger partial charge in [-0.3, -0.25) is 4.79 Å². The van der Waals surface area contributed by atoms with Gasteiger partial charge in [-0.1, -0.05) is 26.0 Å². The van der Waals surface area contributed by atoms with Crippen LogP contribution in [0.3, 0.4) is 0 Å². The quantitative estimate of drug-likeness (QED) is 0.753. The molecule has 0 bridgehead atoms. The Morgan fingerprint density at radius 2 is 1.71 bits per heavy atom. The van der Waals surface area contributed by atoms with Gasteiger partial charge in [0.25, 0.3) is 0 Å². The molecule has 0 fully saturated rings. The molecule has 0 atom stereocenters. The van der Waals surface area contributed by atoms with Crippen LogP contribution in [0.1, 0.15) is 49.6 Å². The van der Waals surface area contributed by atoms with Crippen LogP contribution >= 0.6 is 0 Å². The molecule has 2 aromatic rings. The Morgan fingerprint density at radius 3 is 2.29 bits per heavy atom. The summed E-state index contributed by atoms with van der Waals surface area (Å²) in [6, 6.07) is 9.95. The van der Waals surface area contributed by atoms with E-state index in [4.69, 9.17) is 0 Å². The van der Waals surface area contributed by atoms with Crippen molar-refractivity contribution in [3.63, 3.8) is 0 Å². The Kier molecular flexibility index (Phi) is 6.29. The van der Waals surface area contributed by atoms with E-state index in [9.17, 15) is 4.79 Å². The van der Waals surface area contributed by atoms with Gasteiger partial charge in [0.05, 0.1) is 0 Å². The van der Waals surface area contributed by atoms with Crippen LogP contribution in [0.5, 0.6) is 0 Å². The number of hydrogen-bond acceptors (Lipinski definition) is 4. The van der Waals surface area contributed by atoms with E-state index >= 15 is 0 Å². The summed E-state index contributed by atoms with van der Waals surface area (Å²) < 4.78 is 0. The first-order chi connectivity index (χ1) is 11.4. The highest BCUT2D eigenvalue weighted by molar-refractivity contribution is 5.90. The zero-order valence-electron chi connectivity index (χ0n) is 14.9. The Morgan fingerprint density at radius 1 is 1.08 bits per heavy atom. The fourth-order valence-electron chi connectivity index (χ4n) is 2.43. The number of nitrogens with zero attached hydrogens (tertiary/aromatic N) is 2. The molecule has 0 aliphatic heterocycles. The predicted molar refractivity (Wildman–Crippen MR) is 98.4 cm³/mol. The van der Waals surface area contributed by atoms with Gasteiger partial charge >= 0.3 is 0 Å². The van der Waals surface area contributed by atoms with E-state index in [1.807, 2.05) is 32.0 Å². The van der Waals surface area contributed by atoms with Crippen LogP contribution in [-0.4, -0.2) is 22.4 Å².